The van der Waals surface area contributed by atoms with Gasteiger partial charge in [-0.05, 0) is 13.0 Å². The van der Waals surface area contributed by atoms with Gasteiger partial charge in [-0.2, -0.15) is 0 Å². The zero-order valence-electron chi connectivity index (χ0n) is 12.0. The van der Waals surface area contributed by atoms with Gasteiger partial charge in [0, 0.05) is 28.4 Å². The number of fused-ring (bicyclic) bond motifs is 2. The van der Waals surface area contributed by atoms with Gasteiger partial charge in [-0.25, -0.2) is 0 Å². The lowest BCUT2D eigenvalue weighted by Gasteiger charge is -2.27. The van der Waals surface area contributed by atoms with Crippen molar-refractivity contribution in [3.63, 3.8) is 0 Å². The van der Waals surface area contributed by atoms with Gasteiger partial charge >= 0.3 is 15.2 Å². The second-order valence-corrected chi connectivity index (χ2v) is 8.84. The summed E-state index contributed by atoms with van der Waals surface area (Å²) >= 11 is 0. The van der Waals surface area contributed by atoms with Gasteiger partial charge in [0.25, 0.3) is 0 Å². The highest BCUT2D eigenvalue weighted by atomic mass is 31.2. The molecule has 9 heteroatoms. The van der Waals surface area contributed by atoms with Gasteiger partial charge < -0.3 is 22.8 Å². The third-order valence-electron chi connectivity index (χ3n) is 3.47. The molecule has 0 aliphatic carbocycles. The van der Waals surface area contributed by atoms with Crippen LogP contribution < -0.4 is 0 Å². The van der Waals surface area contributed by atoms with E-state index in [0.717, 1.165) is 0 Å². The van der Waals surface area contributed by atoms with Gasteiger partial charge in [0.15, 0.2) is 0 Å². The van der Waals surface area contributed by atoms with Crippen molar-refractivity contribution in [2.24, 2.45) is 0 Å². The molecule has 0 saturated carbocycles. The van der Waals surface area contributed by atoms with Crippen LogP contribution in [0.3, 0.4) is 0 Å². The van der Waals surface area contributed by atoms with E-state index in [2.05, 4.69) is 0 Å². The average Bonchev–Trinajstić information content (AvgIpc) is 2.99. The molecule has 0 radical (unpaired) electrons. The summed E-state index contributed by atoms with van der Waals surface area (Å²) in [5.74, 6) is 0. The van der Waals surface area contributed by atoms with Crippen molar-refractivity contribution in [2.45, 2.75) is 18.6 Å². The predicted molar refractivity (Wildman–Crippen MR) is 72.7 cm³/mol. The van der Waals surface area contributed by atoms with Crippen molar-refractivity contribution in [3.05, 3.63) is 22.8 Å². The molecule has 0 saturated heterocycles. The summed E-state index contributed by atoms with van der Waals surface area (Å²) in [6.07, 6.45) is 2.83. The van der Waals surface area contributed by atoms with Crippen molar-refractivity contribution >= 4 is 15.2 Å². The minimum Gasteiger partial charge on any atom is -0.354 e. The lowest BCUT2D eigenvalue weighted by Crippen LogP contribution is -2.23. The van der Waals surface area contributed by atoms with E-state index in [-0.39, 0.29) is 10.6 Å². The second-order valence-electron chi connectivity index (χ2n) is 4.46. The Morgan fingerprint density at radius 3 is 2.00 bits per heavy atom. The average molecular weight is 324 g/mol. The Labute approximate surface area is 117 Å². The molecule has 0 N–H and O–H groups in total. The molecule has 2 atom stereocenters. The normalized spacial score (nSPS) is 29.6. The zero-order valence-corrected chi connectivity index (χ0v) is 13.8. The van der Waals surface area contributed by atoms with Gasteiger partial charge in [-0.1, -0.05) is 6.08 Å². The van der Waals surface area contributed by atoms with Gasteiger partial charge in [0.05, 0.1) is 10.6 Å². The van der Waals surface area contributed by atoms with Crippen molar-refractivity contribution in [2.75, 3.05) is 28.4 Å². The van der Waals surface area contributed by atoms with Crippen molar-refractivity contribution in [1.29, 1.82) is 0 Å². The number of ether oxygens (including phenoxy) is 1. The summed E-state index contributed by atoms with van der Waals surface area (Å²) in [6, 6.07) is 0. The maximum atomic E-state index is 12.8. The molecule has 114 valence electrons. The number of rotatable bonds is 6. The Balaban J connectivity index is 2.71. The standard InChI is InChI=1S/C11H18O7P2/c1-11-7-6-8(18-11)9(19(12,14-2)15-3)10(11)20(13,16-4)17-5/h6-8H,1-5H3. The largest absolute Gasteiger partial charge is 0.360 e. The summed E-state index contributed by atoms with van der Waals surface area (Å²) in [7, 11) is -2.22. The van der Waals surface area contributed by atoms with E-state index in [1.54, 1.807) is 19.1 Å². The molecule has 0 spiro atoms. The Morgan fingerprint density at radius 2 is 1.55 bits per heavy atom. The molecule has 0 aromatic heterocycles. The molecule has 0 fully saturated rings. The quantitative estimate of drug-likeness (QED) is 0.549. The van der Waals surface area contributed by atoms with Crippen LogP contribution in [0.5, 0.6) is 0 Å². The van der Waals surface area contributed by atoms with E-state index in [4.69, 9.17) is 22.8 Å². The van der Waals surface area contributed by atoms with Crippen LogP contribution >= 0.6 is 15.2 Å². The zero-order chi connectivity index (χ0) is 15.2. The molecule has 0 aromatic carbocycles. The first kappa shape index (κ1) is 16.1. The smallest absolute Gasteiger partial charge is 0.354 e. The Morgan fingerprint density at radius 1 is 1.05 bits per heavy atom. The highest BCUT2D eigenvalue weighted by molar-refractivity contribution is 7.63. The monoisotopic (exact) mass is 324 g/mol. The van der Waals surface area contributed by atoms with Crippen molar-refractivity contribution in [3.8, 4) is 0 Å². The molecular weight excluding hydrogens is 306 g/mol. The van der Waals surface area contributed by atoms with Crippen LogP contribution in [-0.2, 0) is 32.0 Å². The molecule has 0 aromatic rings. The van der Waals surface area contributed by atoms with Gasteiger partial charge in [-0.15, -0.1) is 0 Å². The van der Waals surface area contributed by atoms with Gasteiger partial charge in [-0.3, -0.25) is 9.13 Å². The maximum Gasteiger partial charge on any atom is 0.360 e. The van der Waals surface area contributed by atoms with E-state index in [9.17, 15) is 9.13 Å². The highest BCUT2D eigenvalue weighted by Crippen LogP contribution is 2.73. The predicted octanol–water partition coefficient (Wildman–Crippen LogP) is 2.90. The summed E-state index contributed by atoms with van der Waals surface area (Å²) in [5, 5.41) is 0.383. The fourth-order valence-corrected chi connectivity index (χ4v) is 6.31. The third kappa shape index (κ3) is 2.09. The molecule has 7 nitrogen and oxygen atoms in total. The molecular formula is C11H18O7P2. The molecule has 2 bridgehead atoms. The first-order valence-corrected chi connectivity index (χ1v) is 8.94. The number of hydrogen-bond acceptors (Lipinski definition) is 7. The Kier molecular flexibility index (Phi) is 4.17. The molecule has 2 rings (SSSR count). The lowest BCUT2D eigenvalue weighted by atomic mass is 10.0. The van der Waals surface area contributed by atoms with Crippen molar-refractivity contribution in [1.82, 2.24) is 0 Å². The molecule has 2 aliphatic rings. The van der Waals surface area contributed by atoms with E-state index >= 15 is 0 Å². The third-order valence-corrected chi connectivity index (χ3v) is 7.87. The first-order chi connectivity index (χ1) is 9.30. The maximum absolute atomic E-state index is 12.8. The van der Waals surface area contributed by atoms with E-state index in [1.807, 2.05) is 0 Å². The first-order valence-electron chi connectivity index (χ1n) is 5.86. The summed E-state index contributed by atoms with van der Waals surface area (Å²) < 4.78 is 51.3. The lowest BCUT2D eigenvalue weighted by molar-refractivity contribution is 0.0576. The van der Waals surface area contributed by atoms with Crippen LogP contribution in [0.2, 0.25) is 0 Å². The fourth-order valence-electron chi connectivity index (χ4n) is 2.51. The molecule has 2 heterocycles. The van der Waals surface area contributed by atoms with Gasteiger partial charge in [0.1, 0.15) is 11.7 Å². The molecule has 0 amide bonds. The highest BCUT2D eigenvalue weighted by Gasteiger charge is 2.58. The van der Waals surface area contributed by atoms with Crippen LogP contribution in [0.25, 0.3) is 0 Å². The van der Waals surface area contributed by atoms with Crippen molar-refractivity contribution < 1.29 is 32.0 Å². The number of hydrogen-bond donors (Lipinski definition) is 0. The van der Waals surface area contributed by atoms with E-state index < -0.39 is 26.9 Å². The van der Waals surface area contributed by atoms with Crippen LogP contribution in [0.1, 0.15) is 6.92 Å². The summed E-state index contributed by atoms with van der Waals surface area (Å²) in [6.45, 7) is 1.70. The minimum absolute atomic E-state index is 0.189. The molecule has 2 aliphatic heterocycles. The van der Waals surface area contributed by atoms with Crippen LogP contribution in [-0.4, -0.2) is 40.1 Å². The van der Waals surface area contributed by atoms with Crippen LogP contribution in [0.15, 0.2) is 22.8 Å². The molecule has 2 unspecified atom stereocenters. The second kappa shape index (κ2) is 5.18. The SMILES string of the molecule is COP(=O)(OC)C1=C(P(=O)(OC)OC)C2(C)C=CC1O2. The Hall–Kier alpha value is -0.260. The minimum atomic E-state index is -3.64. The summed E-state index contributed by atoms with van der Waals surface area (Å²) in [5.41, 5.74) is -1.01. The van der Waals surface area contributed by atoms with E-state index in [1.165, 1.54) is 28.4 Å². The fraction of sp³-hybridized carbons (Fsp3) is 0.636. The Bertz CT molecular complexity index is 551. The van der Waals surface area contributed by atoms with E-state index in [0.29, 0.717) is 0 Å². The van der Waals surface area contributed by atoms with Crippen LogP contribution in [0.4, 0.5) is 0 Å². The molecule has 20 heavy (non-hydrogen) atoms. The summed E-state index contributed by atoms with van der Waals surface area (Å²) in [4.78, 5) is 0. The van der Waals surface area contributed by atoms with Crippen LogP contribution in [0, 0.1) is 0 Å². The topological polar surface area (TPSA) is 80.3 Å². The van der Waals surface area contributed by atoms with Gasteiger partial charge in [0.2, 0.25) is 0 Å².